The Morgan fingerprint density at radius 1 is 1.08 bits per heavy atom. The summed E-state index contributed by atoms with van der Waals surface area (Å²) in [5.41, 5.74) is 2.09. The fourth-order valence-corrected chi connectivity index (χ4v) is 2.40. The maximum absolute atomic E-state index is 12.1. The van der Waals surface area contributed by atoms with Crippen LogP contribution in [0.1, 0.15) is 26.2 Å². The molecule has 1 amide bonds. The van der Waals surface area contributed by atoms with E-state index in [0.717, 1.165) is 24.1 Å². The van der Waals surface area contributed by atoms with Gasteiger partial charge in [-0.25, -0.2) is 4.98 Å². The number of oxazole rings is 1. The summed E-state index contributed by atoms with van der Waals surface area (Å²) in [6, 6.07) is 12.6. The smallest absolute Gasteiger partial charge is 0.262 e. The molecule has 0 spiro atoms. The van der Waals surface area contributed by atoms with Crippen LogP contribution in [0.15, 0.2) is 46.9 Å². The number of ether oxygens (including phenoxy) is 2. The van der Waals surface area contributed by atoms with Gasteiger partial charge in [-0.05, 0) is 48.9 Å². The first-order valence-corrected chi connectivity index (χ1v) is 8.73. The largest absolute Gasteiger partial charge is 0.494 e. The molecule has 0 unspecified atom stereocenters. The second kappa shape index (κ2) is 8.38. The number of hydrogen-bond acceptors (Lipinski definition) is 5. The Morgan fingerprint density at radius 2 is 1.81 bits per heavy atom. The number of carbonyl (C=O) groups excluding carboxylic acids is 1. The van der Waals surface area contributed by atoms with Gasteiger partial charge < -0.3 is 19.2 Å². The summed E-state index contributed by atoms with van der Waals surface area (Å²) < 4.78 is 16.6. The number of amides is 1. The molecular weight excluding hydrogens is 332 g/mol. The lowest BCUT2D eigenvalue weighted by atomic mass is 10.3. The minimum absolute atomic E-state index is 0.0772. The quantitative estimate of drug-likeness (QED) is 0.656. The number of fused-ring (bicyclic) bond motifs is 1. The van der Waals surface area contributed by atoms with Crippen molar-refractivity contribution in [1.29, 1.82) is 0 Å². The van der Waals surface area contributed by atoms with Gasteiger partial charge in [0.1, 0.15) is 17.0 Å². The van der Waals surface area contributed by atoms with Crippen molar-refractivity contribution in [1.82, 2.24) is 4.98 Å². The lowest BCUT2D eigenvalue weighted by Gasteiger charge is -2.09. The lowest BCUT2D eigenvalue weighted by Crippen LogP contribution is -2.20. The first kappa shape index (κ1) is 17.8. The highest BCUT2D eigenvalue weighted by molar-refractivity contribution is 5.93. The van der Waals surface area contributed by atoms with E-state index in [1.165, 1.54) is 0 Å². The Kier molecular flexibility index (Phi) is 5.73. The number of aromatic nitrogens is 1. The zero-order chi connectivity index (χ0) is 18.4. The Hall–Kier alpha value is -3.02. The minimum Gasteiger partial charge on any atom is -0.494 e. The molecule has 136 valence electrons. The van der Waals surface area contributed by atoms with Crippen LogP contribution in [0.5, 0.6) is 11.5 Å². The zero-order valence-electron chi connectivity index (χ0n) is 15.0. The summed E-state index contributed by atoms with van der Waals surface area (Å²) in [5, 5.41) is 2.80. The van der Waals surface area contributed by atoms with E-state index in [1.54, 1.807) is 30.3 Å². The molecule has 1 heterocycles. The van der Waals surface area contributed by atoms with Gasteiger partial charge in [0.15, 0.2) is 18.1 Å². The Labute approximate surface area is 152 Å². The average Bonchev–Trinajstić information content (AvgIpc) is 3.08. The van der Waals surface area contributed by atoms with Crippen molar-refractivity contribution in [2.45, 2.75) is 26.7 Å². The van der Waals surface area contributed by atoms with Gasteiger partial charge in [-0.1, -0.05) is 13.8 Å². The fourth-order valence-electron chi connectivity index (χ4n) is 2.40. The number of anilines is 1. The number of nitrogens with zero attached hydrogens (tertiary/aromatic N) is 1. The molecular formula is C20H22N2O4. The standard InChI is InChI=1S/C20H22N2O4/c1-3-11-24-15-6-8-16(9-7-15)25-13-19(23)21-14-5-10-18-17(12-14)22-20(4-2)26-18/h5-10,12H,3-4,11,13H2,1-2H3,(H,21,23). The summed E-state index contributed by atoms with van der Waals surface area (Å²) in [5.74, 6) is 1.84. The van der Waals surface area contributed by atoms with Crippen molar-refractivity contribution < 1.29 is 18.7 Å². The molecule has 0 aliphatic carbocycles. The van der Waals surface area contributed by atoms with Gasteiger partial charge in [0.25, 0.3) is 5.91 Å². The topological polar surface area (TPSA) is 73.6 Å². The Bertz CT molecular complexity index is 871. The molecule has 0 saturated carbocycles. The summed E-state index contributed by atoms with van der Waals surface area (Å²) in [6.45, 7) is 4.64. The molecule has 3 rings (SSSR count). The van der Waals surface area contributed by atoms with Crippen LogP contribution in [-0.2, 0) is 11.2 Å². The molecule has 0 radical (unpaired) electrons. The molecule has 0 fully saturated rings. The predicted molar refractivity (Wildman–Crippen MR) is 99.7 cm³/mol. The molecule has 0 aliphatic heterocycles. The number of benzene rings is 2. The van der Waals surface area contributed by atoms with E-state index in [9.17, 15) is 4.79 Å². The van der Waals surface area contributed by atoms with Crippen LogP contribution in [0.4, 0.5) is 5.69 Å². The van der Waals surface area contributed by atoms with Crippen LogP contribution in [0.3, 0.4) is 0 Å². The molecule has 0 saturated heterocycles. The molecule has 2 aromatic carbocycles. The van der Waals surface area contributed by atoms with Gasteiger partial charge in [0.05, 0.1) is 6.61 Å². The fraction of sp³-hybridized carbons (Fsp3) is 0.300. The van der Waals surface area contributed by atoms with Crippen molar-refractivity contribution in [3.8, 4) is 11.5 Å². The maximum atomic E-state index is 12.1. The van der Waals surface area contributed by atoms with Crippen molar-refractivity contribution in [3.63, 3.8) is 0 Å². The highest BCUT2D eigenvalue weighted by Crippen LogP contribution is 2.21. The summed E-state index contributed by atoms with van der Waals surface area (Å²) in [4.78, 5) is 16.4. The summed E-state index contributed by atoms with van der Waals surface area (Å²) in [7, 11) is 0. The van der Waals surface area contributed by atoms with Gasteiger partial charge in [0.2, 0.25) is 0 Å². The van der Waals surface area contributed by atoms with E-state index >= 15 is 0 Å². The van der Waals surface area contributed by atoms with Crippen LogP contribution in [0.2, 0.25) is 0 Å². The normalized spacial score (nSPS) is 10.7. The van der Waals surface area contributed by atoms with E-state index in [-0.39, 0.29) is 12.5 Å². The molecule has 1 aromatic heterocycles. The summed E-state index contributed by atoms with van der Waals surface area (Å²) in [6.07, 6.45) is 1.69. The van der Waals surface area contributed by atoms with E-state index in [2.05, 4.69) is 17.2 Å². The minimum atomic E-state index is -0.241. The maximum Gasteiger partial charge on any atom is 0.262 e. The number of carbonyl (C=O) groups is 1. The van der Waals surface area contributed by atoms with E-state index in [1.807, 2.05) is 19.1 Å². The van der Waals surface area contributed by atoms with E-state index in [0.29, 0.717) is 29.5 Å². The van der Waals surface area contributed by atoms with Gasteiger partial charge in [0, 0.05) is 12.1 Å². The van der Waals surface area contributed by atoms with Gasteiger partial charge in [-0.2, -0.15) is 0 Å². The van der Waals surface area contributed by atoms with Gasteiger partial charge >= 0.3 is 0 Å². The third-order valence-corrected chi connectivity index (χ3v) is 3.68. The van der Waals surface area contributed by atoms with Gasteiger partial charge in [-0.15, -0.1) is 0 Å². The number of rotatable bonds is 8. The lowest BCUT2D eigenvalue weighted by molar-refractivity contribution is -0.118. The molecule has 3 aromatic rings. The number of nitrogens with one attached hydrogen (secondary N) is 1. The average molecular weight is 354 g/mol. The van der Waals surface area contributed by atoms with Crippen molar-refractivity contribution in [2.24, 2.45) is 0 Å². The number of aryl methyl sites for hydroxylation is 1. The van der Waals surface area contributed by atoms with Crippen LogP contribution in [0.25, 0.3) is 11.1 Å². The molecule has 0 aliphatic rings. The monoisotopic (exact) mass is 354 g/mol. The first-order chi connectivity index (χ1) is 12.7. The second-order valence-corrected chi connectivity index (χ2v) is 5.80. The number of hydrogen-bond donors (Lipinski definition) is 1. The van der Waals surface area contributed by atoms with E-state index < -0.39 is 0 Å². The van der Waals surface area contributed by atoms with E-state index in [4.69, 9.17) is 13.9 Å². The molecule has 0 bridgehead atoms. The highest BCUT2D eigenvalue weighted by atomic mass is 16.5. The molecule has 6 nitrogen and oxygen atoms in total. The van der Waals surface area contributed by atoms with Crippen LogP contribution in [-0.4, -0.2) is 24.1 Å². The summed E-state index contributed by atoms with van der Waals surface area (Å²) >= 11 is 0. The molecule has 0 atom stereocenters. The second-order valence-electron chi connectivity index (χ2n) is 5.80. The SMILES string of the molecule is CCCOc1ccc(OCC(=O)Nc2ccc3oc(CC)nc3c2)cc1. The molecule has 6 heteroatoms. The third kappa shape index (κ3) is 4.53. The Morgan fingerprint density at radius 3 is 2.50 bits per heavy atom. The van der Waals surface area contributed by atoms with Crippen molar-refractivity contribution in [3.05, 3.63) is 48.4 Å². The molecule has 1 N–H and O–H groups in total. The van der Waals surface area contributed by atoms with Crippen molar-refractivity contribution >= 4 is 22.7 Å². The predicted octanol–water partition coefficient (Wildman–Crippen LogP) is 4.20. The van der Waals surface area contributed by atoms with Gasteiger partial charge in [-0.3, -0.25) is 4.79 Å². The first-order valence-electron chi connectivity index (χ1n) is 8.73. The Balaban J connectivity index is 1.53. The molecule has 26 heavy (non-hydrogen) atoms. The third-order valence-electron chi connectivity index (χ3n) is 3.68. The zero-order valence-corrected chi connectivity index (χ0v) is 15.0. The van der Waals surface area contributed by atoms with Crippen LogP contribution < -0.4 is 14.8 Å². The van der Waals surface area contributed by atoms with Crippen LogP contribution in [0, 0.1) is 0 Å². The van der Waals surface area contributed by atoms with Crippen LogP contribution >= 0.6 is 0 Å². The highest BCUT2D eigenvalue weighted by Gasteiger charge is 2.08. The van der Waals surface area contributed by atoms with Crippen molar-refractivity contribution in [2.75, 3.05) is 18.5 Å².